The van der Waals surface area contributed by atoms with Crippen molar-refractivity contribution in [1.82, 2.24) is 20.6 Å². The van der Waals surface area contributed by atoms with E-state index in [-0.39, 0.29) is 32.1 Å². The number of hydrogen-bond donors (Lipinski definition) is 4. The number of rotatable bonds is 14. The van der Waals surface area contributed by atoms with Gasteiger partial charge in [0.05, 0.1) is 12.9 Å². The number of aromatic nitrogens is 2. The van der Waals surface area contributed by atoms with Crippen LogP contribution in [0.25, 0.3) is 0 Å². The Bertz CT molecular complexity index is 537. The summed E-state index contributed by atoms with van der Waals surface area (Å²) in [4.78, 5) is 43.2. The second-order valence-electron chi connectivity index (χ2n) is 4.94. The van der Waals surface area contributed by atoms with Crippen LogP contribution in [0, 0.1) is 10.1 Å². The summed E-state index contributed by atoms with van der Waals surface area (Å²) in [5.41, 5.74) is 0.714. The predicted octanol–water partition coefficient (Wildman–Crippen LogP) is -1.27. The SMILES string of the molecule is O=C(COCCO[N+](=O)[O-])NCCCNC(Cc1cnc[nH]1)C(=O)O. The van der Waals surface area contributed by atoms with Gasteiger partial charge in [0, 0.05) is 24.9 Å². The molecule has 1 unspecified atom stereocenters. The molecule has 1 aromatic heterocycles. The summed E-state index contributed by atoms with van der Waals surface area (Å²) < 4.78 is 4.89. The number of hydrogen-bond acceptors (Lipinski definition) is 8. The third-order valence-electron chi connectivity index (χ3n) is 3.00. The average molecular weight is 359 g/mol. The number of carbonyl (C=O) groups is 2. The van der Waals surface area contributed by atoms with Gasteiger partial charge in [0.2, 0.25) is 5.91 Å². The number of ether oxygens (including phenoxy) is 1. The Morgan fingerprint density at radius 3 is 2.84 bits per heavy atom. The third-order valence-corrected chi connectivity index (χ3v) is 3.00. The van der Waals surface area contributed by atoms with Crippen LogP contribution in [-0.4, -0.2) is 71.0 Å². The highest BCUT2D eigenvalue weighted by Crippen LogP contribution is 1.98. The van der Waals surface area contributed by atoms with Crippen molar-refractivity contribution < 1.29 is 29.4 Å². The first kappa shape index (κ1) is 20.3. The predicted molar refractivity (Wildman–Crippen MR) is 83.1 cm³/mol. The van der Waals surface area contributed by atoms with E-state index in [0.29, 0.717) is 25.2 Å². The zero-order valence-corrected chi connectivity index (χ0v) is 13.5. The molecule has 0 aliphatic rings. The van der Waals surface area contributed by atoms with Gasteiger partial charge in [0.25, 0.3) is 5.09 Å². The van der Waals surface area contributed by atoms with Gasteiger partial charge >= 0.3 is 5.97 Å². The smallest absolute Gasteiger partial charge is 0.321 e. The van der Waals surface area contributed by atoms with Gasteiger partial charge < -0.3 is 30.3 Å². The highest BCUT2D eigenvalue weighted by atomic mass is 17.0. The summed E-state index contributed by atoms with van der Waals surface area (Å²) in [6.45, 7) is 0.215. The van der Waals surface area contributed by atoms with Crippen LogP contribution in [0.5, 0.6) is 0 Å². The number of aliphatic carboxylic acids is 1. The van der Waals surface area contributed by atoms with Crippen LogP contribution in [0.2, 0.25) is 0 Å². The van der Waals surface area contributed by atoms with E-state index in [0.717, 1.165) is 0 Å². The fourth-order valence-corrected chi connectivity index (χ4v) is 1.84. The molecule has 0 aliphatic heterocycles. The van der Waals surface area contributed by atoms with E-state index in [9.17, 15) is 19.7 Å². The largest absolute Gasteiger partial charge is 0.480 e. The Morgan fingerprint density at radius 1 is 1.40 bits per heavy atom. The standard InChI is InChI=1S/C13H21N5O7/c19-12(8-24-4-5-25-18(22)23)16-3-1-2-15-11(13(20)21)6-10-7-14-9-17-10/h7,9,11,15H,1-6,8H2,(H,14,17)(H,16,19)(H,20,21). The lowest BCUT2D eigenvalue weighted by molar-refractivity contribution is -0.758. The maximum Gasteiger partial charge on any atom is 0.321 e. The molecular weight excluding hydrogens is 338 g/mol. The number of aromatic amines is 1. The van der Waals surface area contributed by atoms with Gasteiger partial charge in [0.15, 0.2) is 0 Å². The lowest BCUT2D eigenvalue weighted by atomic mass is 10.1. The monoisotopic (exact) mass is 359 g/mol. The summed E-state index contributed by atoms with van der Waals surface area (Å²) in [6, 6.07) is -0.749. The minimum Gasteiger partial charge on any atom is -0.480 e. The molecule has 0 aliphatic carbocycles. The molecule has 12 nitrogen and oxygen atoms in total. The van der Waals surface area contributed by atoms with Gasteiger partial charge in [-0.25, -0.2) is 4.98 Å². The molecule has 1 aromatic rings. The molecule has 0 aromatic carbocycles. The van der Waals surface area contributed by atoms with E-state index in [4.69, 9.17) is 9.84 Å². The zero-order valence-electron chi connectivity index (χ0n) is 13.5. The molecule has 0 spiro atoms. The molecule has 25 heavy (non-hydrogen) atoms. The van der Waals surface area contributed by atoms with Crippen LogP contribution in [0.15, 0.2) is 12.5 Å². The van der Waals surface area contributed by atoms with Crippen molar-refractivity contribution in [3.8, 4) is 0 Å². The molecule has 1 amide bonds. The molecule has 0 saturated heterocycles. The maximum atomic E-state index is 11.4. The van der Waals surface area contributed by atoms with Gasteiger partial charge in [-0.3, -0.25) is 9.59 Å². The summed E-state index contributed by atoms with van der Waals surface area (Å²) in [5, 5.41) is 23.6. The second-order valence-corrected chi connectivity index (χ2v) is 4.94. The van der Waals surface area contributed by atoms with Crippen molar-refractivity contribution in [2.45, 2.75) is 18.9 Å². The average Bonchev–Trinajstić information content (AvgIpc) is 3.05. The number of nitrogens with zero attached hydrogens (tertiary/aromatic N) is 2. The molecular formula is C13H21N5O7. The fourth-order valence-electron chi connectivity index (χ4n) is 1.84. The molecule has 0 saturated carbocycles. The van der Waals surface area contributed by atoms with Gasteiger partial charge in [-0.15, -0.1) is 10.1 Å². The number of H-pyrrole nitrogens is 1. The van der Waals surface area contributed by atoms with Crippen LogP contribution in [0.3, 0.4) is 0 Å². The van der Waals surface area contributed by atoms with Crippen LogP contribution >= 0.6 is 0 Å². The van der Waals surface area contributed by atoms with Gasteiger partial charge in [-0.1, -0.05) is 0 Å². The quantitative estimate of drug-likeness (QED) is 0.180. The van der Waals surface area contributed by atoms with E-state index >= 15 is 0 Å². The number of imidazole rings is 1. The molecule has 0 fully saturated rings. The molecule has 0 radical (unpaired) electrons. The first-order valence-corrected chi connectivity index (χ1v) is 7.54. The molecule has 12 heteroatoms. The molecule has 1 atom stereocenters. The van der Waals surface area contributed by atoms with Gasteiger partial charge in [0.1, 0.15) is 19.3 Å². The van der Waals surface area contributed by atoms with E-state index in [1.807, 2.05) is 0 Å². The molecule has 140 valence electrons. The Kier molecular flexibility index (Phi) is 9.55. The highest BCUT2D eigenvalue weighted by Gasteiger charge is 2.17. The van der Waals surface area contributed by atoms with Crippen molar-refractivity contribution in [3.63, 3.8) is 0 Å². The number of amides is 1. The fraction of sp³-hybridized carbons (Fsp3) is 0.615. The minimum absolute atomic E-state index is 0.0656. The van der Waals surface area contributed by atoms with E-state index < -0.39 is 17.1 Å². The summed E-state index contributed by atoms with van der Waals surface area (Å²) in [6.07, 6.45) is 3.86. The van der Waals surface area contributed by atoms with Crippen LogP contribution in [0.4, 0.5) is 0 Å². The molecule has 1 rings (SSSR count). The van der Waals surface area contributed by atoms with Crippen LogP contribution < -0.4 is 10.6 Å². The number of nitrogens with one attached hydrogen (secondary N) is 3. The normalized spacial score (nSPS) is 11.7. The van der Waals surface area contributed by atoms with Crippen molar-refractivity contribution in [3.05, 3.63) is 28.3 Å². The van der Waals surface area contributed by atoms with Crippen LogP contribution in [0.1, 0.15) is 12.1 Å². The van der Waals surface area contributed by atoms with E-state index in [1.54, 1.807) is 6.20 Å². The van der Waals surface area contributed by atoms with E-state index in [2.05, 4.69) is 25.4 Å². The molecule has 1 heterocycles. The minimum atomic E-state index is -0.969. The first-order chi connectivity index (χ1) is 12.0. The van der Waals surface area contributed by atoms with Crippen molar-refractivity contribution in [2.24, 2.45) is 0 Å². The Hall–Kier alpha value is -2.73. The van der Waals surface area contributed by atoms with Crippen molar-refractivity contribution in [1.29, 1.82) is 0 Å². The Morgan fingerprint density at radius 2 is 2.20 bits per heavy atom. The number of carbonyl (C=O) groups excluding carboxylic acids is 1. The number of carboxylic acids is 1. The second kappa shape index (κ2) is 11.8. The Labute approximate surface area is 143 Å². The van der Waals surface area contributed by atoms with Crippen molar-refractivity contribution in [2.75, 3.05) is 32.9 Å². The van der Waals surface area contributed by atoms with Gasteiger partial charge in [-0.2, -0.15) is 0 Å². The summed E-state index contributed by atoms with van der Waals surface area (Å²) >= 11 is 0. The molecule has 4 N–H and O–H groups in total. The maximum absolute atomic E-state index is 11.4. The number of carboxylic acid groups (broad SMARTS) is 1. The van der Waals surface area contributed by atoms with E-state index in [1.165, 1.54) is 6.33 Å². The zero-order chi connectivity index (χ0) is 18.5. The molecule has 0 bridgehead atoms. The Balaban J connectivity index is 2.06. The highest BCUT2D eigenvalue weighted by molar-refractivity contribution is 5.77. The summed E-state index contributed by atoms with van der Waals surface area (Å²) in [7, 11) is 0. The lowest BCUT2D eigenvalue weighted by Gasteiger charge is -2.13. The topological polar surface area (TPSA) is 169 Å². The first-order valence-electron chi connectivity index (χ1n) is 7.54. The lowest BCUT2D eigenvalue weighted by Crippen LogP contribution is -2.40. The summed E-state index contributed by atoms with van der Waals surface area (Å²) in [5.74, 6) is -1.34. The van der Waals surface area contributed by atoms with Gasteiger partial charge in [-0.05, 0) is 13.0 Å². The van der Waals surface area contributed by atoms with Crippen LogP contribution in [-0.2, 0) is 25.6 Å². The van der Waals surface area contributed by atoms with Crippen molar-refractivity contribution >= 4 is 11.9 Å². The third kappa shape index (κ3) is 9.88.